The van der Waals surface area contributed by atoms with Crippen molar-refractivity contribution < 1.29 is 4.74 Å². The molecule has 0 bridgehead atoms. The van der Waals surface area contributed by atoms with Crippen LogP contribution in [0.2, 0.25) is 0 Å². The second kappa shape index (κ2) is 7.98. The molecule has 0 saturated heterocycles. The molecule has 0 aliphatic rings. The van der Waals surface area contributed by atoms with Crippen molar-refractivity contribution in [1.29, 1.82) is 0 Å². The fraction of sp³-hybridized carbons (Fsp3) is 1.00. The maximum Gasteiger partial charge on any atom is 0.0474 e. The molecule has 0 aliphatic heterocycles. The molecule has 3 N–H and O–H groups in total. The lowest BCUT2D eigenvalue weighted by Crippen LogP contribution is -2.25. The van der Waals surface area contributed by atoms with E-state index in [1.54, 1.807) is 7.11 Å². The summed E-state index contributed by atoms with van der Waals surface area (Å²) in [4.78, 5) is 0. The zero-order chi connectivity index (χ0) is 8.53. The molecule has 1 unspecified atom stereocenters. The number of hydrogen-bond acceptors (Lipinski definition) is 3. The van der Waals surface area contributed by atoms with E-state index in [4.69, 9.17) is 10.5 Å². The number of methoxy groups -OCH3 is 1. The fourth-order valence-electron chi connectivity index (χ4n) is 0.796. The lowest BCUT2D eigenvalue weighted by molar-refractivity contribution is 0.194. The molecule has 0 amide bonds. The van der Waals surface area contributed by atoms with Gasteiger partial charge in [-0.25, -0.2) is 0 Å². The van der Waals surface area contributed by atoms with Crippen LogP contribution in [0.5, 0.6) is 0 Å². The number of hydrogen-bond donors (Lipinski definition) is 2. The number of rotatable bonds is 7. The Morgan fingerprint density at radius 2 is 2.18 bits per heavy atom. The van der Waals surface area contributed by atoms with Gasteiger partial charge in [0.25, 0.3) is 0 Å². The molecule has 1 atom stereocenters. The highest BCUT2D eigenvalue weighted by Crippen LogP contribution is 1.83. The highest BCUT2D eigenvalue weighted by atomic mass is 16.5. The van der Waals surface area contributed by atoms with Crippen LogP contribution >= 0.6 is 0 Å². The summed E-state index contributed by atoms with van der Waals surface area (Å²) in [6.07, 6.45) is 2.13. The lowest BCUT2D eigenvalue weighted by Gasteiger charge is -2.05. The molecule has 0 fully saturated rings. The summed E-state index contributed by atoms with van der Waals surface area (Å²) in [6.45, 7) is 4.91. The van der Waals surface area contributed by atoms with Gasteiger partial charge in [0.2, 0.25) is 0 Å². The standard InChI is InChI=1S/C8H20N2O/c1-8(9)4-6-10-5-3-7-11-2/h8,10H,3-7,9H2,1-2H3. The molecule has 0 heterocycles. The predicted molar refractivity (Wildman–Crippen MR) is 47.6 cm³/mol. The Morgan fingerprint density at radius 1 is 1.45 bits per heavy atom. The minimum atomic E-state index is 0.310. The van der Waals surface area contributed by atoms with E-state index in [9.17, 15) is 0 Å². The quantitative estimate of drug-likeness (QED) is 0.528. The third kappa shape index (κ3) is 9.88. The zero-order valence-electron chi connectivity index (χ0n) is 7.60. The van der Waals surface area contributed by atoms with Crippen molar-refractivity contribution in [2.75, 3.05) is 26.8 Å². The van der Waals surface area contributed by atoms with Gasteiger partial charge in [-0.2, -0.15) is 0 Å². The Bertz CT molecular complexity index is 76.5. The van der Waals surface area contributed by atoms with E-state index in [1.807, 2.05) is 6.92 Å². The van der Waals surface area contributed by atoms with Crippen LogP contribution < -0.4 is 11.1 Å². The van der Waals surface area contributed by atoms with Crippen LogP contribution in [0.3, 0.4) is 0 Å². The molecule has 0 aromatic carbocycles. The van der Waals surface area contributed by atoms with Gasteiger partial charge in [-0.3, -0.25) is 0 Å². The average molecular weight is 160 g/mol. The first-order valence-electron chi connectivity index (χ1n) is 4.22. The molecule has 0 rings (SSSR count). The summed E-state index contributed by atoms with van der Waals surface area (Å²) < 4.78 is 4.90. The zero-order valence-corrected chi connectivity index (χ0v) is 7.60. The second-order valence-electron chi connectivity index (χ2n) is 2.86. The second-order valence-corrected chi connectivity index (χ2v) is 2.86. The van der Waals surface area contributed by atoms with Crippen molar-refractivity contribution in [2.45, 2.75) is 25.8 Å². The van der Waals surface area contributed by atoms with Crippen molar-refractivity contribution in [2.24, 2.45) is 5.73 Å². The molecule has 0 aliphatic carbocycles. The Hall–Kier alpha value is -0.120. The van der Waals surface area contributed by atoms with Crippen LogP contribution in [0, 0.1) is 0 Å². The Morgan fingerprint density at radius 3 is 2.73 bits per heavy atom. The van der Waals surface area contributed by atoms with E-state index in [2.05, 4.69) is 5.32 Å². The van der Waals surface area contributed by atoms with Gasteiger partial charge in [0.15, 0.2) is 0 Å². The van der Waals surface area contributed by atoms with Gasteiger partial charge in [0, 0.05) is 19.8 Å². The summed E-state index contributed by atoms with van der Waals surface area (Å²) in [5.41, 5.74) is 5.57. The Labute approximate surface area is 69.3 Å². The van der Waals surface area contributed by atoms with Crippen LogP contribution in [0.1, 0.15) is 19.8 Å². The molecule has 0 aromatic heterocycles. The Balaban J connectivity index is 2.80. The first-order chi connectivity index (χ1) is 5.27. The molecule has 0 aromatic rings. The maximum absolute atomic E-state index is 5.57. The molecule has 0 spiro atoms. The molecule has 11 heavy (non-hydrogen) atoms. The van der Waals surface area contributed by atoms with E-state index >= 15 is 0 Å². The number of ether oxygens (including phenoxy) is 1. The van der Waals surface area contributed by atoms with Crippen molar-refractivity contribution in [3.63, 3.8) is 0 Å². The van der Waals surface area contributed by atoms with Crippen LogP contribution in [-0.4, -0.2) is 32.8 Å². The van der Waals surface area contributed by atoms with Crippen molar-refractivity contribution in [3.8, 4) is 0 Å². The number of nitrogens with two attached hydrogens (primary N) is 1. The van der Waals surface area contributed by atoms with Crippen LogP contribution in [0.4, 0.5) is 0 Å². The van der Waals surface area contributed by atoms with Gasteiger partial charge in [-0.05, 0) is 32.9 Å². The van der Waals surface area contributed by atoms with Crippen molar-refractivity contribution in [1.82, 2.24) is 5.32 Å². The van der Waals surface area contributed by atoms with E-state index in [1.165, 1.54) is 0 Å². The van der Waals surface area contributed by atoms with E-state index in [-0.39, 0.29) is 0 Å². The van der Waals surface area contributed by atoms with Gasteiger partial charge in [0.05, 0.1) is 0 Å². The minimum absolute atomic E-state index is 0.310. The normalized spacial score (nSPS) is 13.4. The van der Waals surface area contributed by atoms with Gasteiger partial charge >= 0.3 is 0 Å². The summed E-state index contributed by atoms with van der Waals surface area (Å²) >= 11 is 0. The smallest absolute Gasteiger partial charge is 0.0474 e. The largest absolute Gasteiger partial charge is 0.385 e. The molecule has 0 radical (unpaired) electrons. The molecular weight excluding hydrogens is 140 g/mol. The SMILES string of the molecule is COCCCNCCC(C)N. The average Bonchev–Trinajstić information content (AvgIpc) is 1.96. The number of nitrogens with one attached hydrogen (secondary N) is 1. The summed E-state index contributed by atoms with van der Waals surface area (Å²) in [5, 5.41) is 3.29. The van der Waals surface area contributed by atoms with Crippen LogP contribution in [-0.2, 0) is 4.74 Å². The van der Waals surface area contributed by atoms with Gasteiger partial charge in [0.1, 0.15) is 0 Å². The first-order valence-corrected chi connectivity index (χ1v) is 4.22. The fourth-order valence-corrected chi connectivity index (χ4v) is 0.796. The molecular formula is C8H20N2O. The topological polar surface area (TPSA) is 47.3 Å². The molecule has 68 valence electrons. The molecule has 0 saturated carbocycles. The van der Waals surface area contributed by atoms with Crippen molar-refractivity contribution in [3.05, 3.63) is 0 Å². The third-order valence-corrected chi connectivity index (χ3v) is 1.48. The first kappa shape index (κ1) is 10.9. The van der Waals surface area contributed by atoms with E-state index < -0.39 is 0 Å². The van der Waals surface area contributed by atoms with Crippen molar-refractivity contribution >= 4 is 0 Å². The summed E-state index contributed by atoms with van der Waals surface area (Å²) in [5.74, 6) is 0. The van der Waals surface area contributed by atoms with Crippen LogP contribution in [0.25, 0.3) is 0 Å². The Kier molecular flexibility index (Phi) is 7.89. The maximum atomic E-state index is 5.57. The predicted octanol–water partition coefficient (Wildman–Crippen LogP) is 0.350. The van der Waals surface area contributed by atoms with Crippen LogP contribution in [0.15, 0.2) is 0 Å². The van der Waals surface area contributed by atoms with Gasteiger partial charge in [-0.1, -0.05) is 0 Å². The monoisotopic (exact) mass is 160 g/mol. The third-order valence-electron chi connectivity index (χ3n) is 1.48. The highest BCUT2D eigenvalue weighted by Gasteiger charge is 1.92. The summed E-state index contributed by atoms with van der Waals surface area (Å²) in [7, 11) is 1.72. The summed E-state index contributed by atoms with van der Waals surface area (Å²) in [6, 6.07) is 0.310. The minimum Gasteiger partial charge on any atom is -0.385 e. The molecule has 3 nitrogen and oxygen atoms in total. The van der Waals surface area contributed by atoms with E-state index in [0.29, 0.717) is 6.04 Å². The van der Waals surface area contributed by atoms with E-state index in [0.717, 1.165) is 32.5 Å². The van der Waals surface area contributed by atoms with Gasteiger partial charge < -0.3 is 15.8 Å². The van der Waals surface area contributed by atoms with Gasteiger partial charge in [-0.15, -0.1) is 0 Å². The highest BCUT2D eigenvalue weighted by molar-refractivity contribution is 4.55. The lowest BCUT2D eigenvalue weighted by atomic mass is 10.2. The molecule has 3 heteroatoms.